The molecule has 5 nitrogen and oxygen atoms in total. The first-order valence-electron chi connectivity index (χ1n) is 5.52. The lowest BCUT2D eigenvalue weighted by molar-refractivity contribution is 0.0695. The largest absolute Gasteiger partial charge is 0.478 e. The van der Waals surface area contributed by atoms with Crippen molar-refractivity contribution in [3.8, 4) is 0 Å². The summed E-state index contributed by atoms with van der Waals surface area (Å²) in [6.45, 7) is 0.142. The highest BCUT2D eigenvalue weighted by Gasteiger charge is 2.16. The van der Waals surface area contributed by atoms with Crippen LogP contribution in [0.5, 0.6) is 0 Å². The maximum absolute atomic E-state index is 13.1. The predicted molar refractivity (Wildman–Crippen MR) is 73.9 cm³/mol. The third kappa shape index (κ3) is 2.86. The number of carboxylic acid groups (broad SMARTS) is 1. The molecule has 1 aromatic heterocycles. The number of anilines is 1. The molecule has 8 heteroatoms. The van der Waals surface area contributed by atoms with Crippen LogP contribution in [-0.4, -0.2) is 20.9 Å². The van der Waals surface area contributed by atoms with Gasteiger partial charge in [-0.25, -0.2) is 9.18 Å². The Hall–Kier alpha value is -1.79. The normalized spacial score (nSPS) is 10.6. The van der Waals surface area contributed by atoms with E-state index < -0.39 is 11.8 Å². The Morgan fingerprint density at radius 2 is 2.05 bits per heavy atom. The third-order valence-corrected chi connectivity index (χ3v) is 3.33. The van der Waals surface area contributed by atoms with Crippen molar-refractivity contribution in [3.63, 3.8) is 0 Å². The van der Waals surface area contributed by atoms with Crippen LogP contribution in [0.1, 0.15) is 16.1 Å². The van der Waals surface area contributed by atoms with E-state index in [0.29, 0.717) is 11.4 Å². The Kier molecular flexibility index (Phi) is 4.15. The number of aromatic nitrogens is 2. The second-order valence-corrected chi connectivity index (χ2v) is 4.85. The van der Waals surface area contributed by atoms with E-state index in [4.69, 9.17) is 28.3 Å². The predicted octanol–water partition coefficient (Wildman–Crippen LogP) is 3.18. The first kappa shape index (κ1) is 14.6. The van der Waals surface area contributed by atoms with Gasteiger partial charge in [-0.1, -0.05) is 23.2 Å². The number of halogens is 3. The molecule has 0 saturated carbocycles. The van der Waals surface area contributed by atoms with Crippen molar-refractivity contribution >= 4 is 34.9 Å². The van der Waals surface area contributed by atoms with Gasteiger partial charge in [-0.15, -0.1) is 0 Å². The van der Waals surface area contributed by atoms with E-state index in [-0.39, 0.29) is 22.2 Å². The lowest BCUT2D eigenvalue weighted by atomic mass is 10.2. The van der Waals surface area contributed by atoms with Crippen LogP contribution in [0.4, 0.5) is 10.1 Å². The SMILES string of the molecule is Cn1ncc(C(=O)O)c1CNc1c(Cl)cc(F)cc1Cl. The summed E-state index contributed by atoms with van der Waals surface area (Å²) >= 11 is 11.8. The Morgan fingerprint density at radius 3 is 2.60 bits per heavy atom. The van der Waals surface area contributed by atoms with Gasteiger partial charge in [0.05, 0.1) is 34.2 Å². The molecule has 0 aliphatic rings. The van der Waals surface area contributed by atoms with Crippen molar-refractivity contribution < 1.29 is 14.3 Å². The summed E-state index contributed by atoms with van der Waals surface area (Å²) in [5, 5.41) is 16.0. The molecule has 2 rings (SSSR count). The molecule has 0 spiro atoms. The molecule has 20 heavy (non-hydrogen) atoms. The molecule has 1 aromatic carbocycles. The van der Waals surface area contributed by atoms with Crippen LogP contribution in [0.25, 0.3) is 0 Å². The number of carbonyl (C=O) groups is 1. The zero-order valence-corrected chi connectivity index (χ0v) is 11.8. The second-order valence-electron chi connectivity index (χ2n) is 4.03. The maximum atomic E-state index is 13.1. The van der Waals surface area contributed by atoms with E-state index in [1.54, 1.807) is 7.05 Å². The molecule has 0 fully saturated rings. The van der Waals surface area contributed by atoms with E-state index in [9.17, 15) is 9.18 Å². The molecule has 2 aromatic rings. The molecule has 1 heterocycles. The lowest BCUT2D eigenvalue weighted by Gasteiger charge is -2.11. The number of benzene rings is 1. The fraction of sp³-hybridized carbons (Fsp3) is 0.167. The van der Waals surface area contributed by atoms with Crippen molar-refractivity contribution in [2.24, 2.45) is 7.05 Å². The van der Waals surface area contributed by atoms with Gasteiger partial charge in [0.25, 0.3) is 0 Å². The molecule has 0 radical (unpaired) electrons. The van der Waals surface area contributed by atoms with Crippen LogP contribution in [0.3, 0.4) is 0 Å². The molecule has 0 amide bonds. The zero-order valence-electron chi connectivity index (χ0n) is 10.3. The molecule has 0 atom stereocenters. The Balaban J connectivity index is 2.26. The van der Waals surface area contributed by atoms with Gasteiger partial charge in [-0.05, 0) is 12.1 Å². The van der Waals surface area contributed by atoms with Crippen LogP contribution in [0.15, 0.2) is 18.3 Å². The van der Waals surface area contributed by atoms with Gasteiger partial charge in [-0.3, -0.25) is 4.68 Å². The Labute approximate surface area is 123 Å². The summed E-state index contributed by atoms with van der Waals surface area (Å²) < 4.78 is 14.5. The topological polar surface area (TPSA) is 67.2 Å². The average Bonchev–Trinajstić information content (AvgIpc) is 2.69. The van der Waals surface area contributed by atoms with Crippen molar-refractivity contribution in [2.75, 3.05) is 5.32 Å². The van der Waals surface area contributed by atoms with Crippen molar-refractivity contribution in [2.45, 2.75) is 6.54 Å². The molecule has 2 N–H and O–H groups in total. The monoisotopic (exact) mass is 317 g/mol. The minimum absolute atomic E-state index is 0.0781. The summed E-state index contributed by atoms with van der Waals surface area (Å²) in [4.78, 5) is 11.0. The fourth-order valence-corrected chi connectivity index (χ4v) is 2.33. The number of rotatable bonds is 4. The smallest absolute Gasteiger partial charge is 0.339 e. The van der Waals surface area contributed by atoms with Gasteiger partial charge in [0.1, 0.15) is 11.4 Å². The molecule has 0 unspecified atom stereocenters. The molecule has 0 saturated heterocycles. The quantitative estimate of drug-likeness (QED) is 0.908. The number of aryl methyl sites for hydroxylation is 1. The lowest BCUT2D eigenvalue weighted by Crippen LogP contribution is -2.10. The van der Waals surface area contributed by atoms with Crippen LogP contribution < -0.4 is 5.32 Å². The minimum Gasteiger partial charge on any atom is -0.478 e. The standard InChI is InChI=1S/C12H10Cl2FN3O2/c1-18-10(7(4-17-18)12(19)20)5-16-11-8(13)2-6(15)3-9(11)14/h2-4,16H,5H2,1H3,(H,19,20). The van der Waals surface area contributed by atoms with E-state index >= 15 is 0 Å². The van der Waals surface area contributed by atoms with Crippen molar-refractivity contribution in [3.05, 3.63) is 45.4 Å². The molecular formula is C12H10Cl2FN3O2. The highest BCUT2D eigenvalue weighted by atomic mass is 35.5. The Morgan fingerprint density at radius 1 is 1.45 bits per heavy atom. The van der Waals surface area contributed by atoms with Gasteiger partial charge < -0.3 is 10.4 Å². The van der Waals surface area contributed by atoms with Gasteiger partial charge in [0, 0.05) is 7.05 Å². The molecule has 0 bridgehead atoms. The van der Waals surface area contributed by atoms with Gasteiger partial charge in [-0.2, -0.15) is 5.10 Å². The highest BCUT2D eigenvalue weighted by molar-refractivity contribution is 6.39. The van der Waals surface area contributed by atoms with Crippen LogP contribution in [0.2, 0.25) is 10.0 Å². The number of carboxylic acids is 1. The van der Waals surface area contributed by atoms with Crippen molar-refractivity contribution in [1.29, 1.82) is 0 Å². The Bertz CT molecular complexity index is 650. The maximum Gasteiger partial charge on any atom is 0.339 e. The molecule has 0 aliphatic heterocycles. The van der Waals surface area contributed by atoms with Gasteiger partial charge in [0.2, 0.25) is 0 Å². The average molecular weight is 318 g/mol. The molecule has 106 valence electrons. The van der Waals surface area contributed by atoms with Crippen molar-refractivity contribution in [1.82, 2.24) is 9.78 Å². The van der Waals surface area contributed by atoms with Crippen LogP contribution >= 0.6 is 23.2 Å². The van der Waals surface area contributed by atoms with Gasteiger partial charge in [0.15, 0.2) is 0 Å². The van der Waals surface area contributed by atoms with E-state index in [1.807, 2.05) is 0 Å². The molecule has 0 aliphatic carbocycles. The summed E-state index contributed by atoms with van der Waals surface area (Å²) in [5.41, 5.74) is 0.871. The summed E-state index contributed by atoms with van der Waals surface area (Å²) in [5.74, 6) is -1.62. The number of nitrogens with one attached hydrogen (secondary N) is 1. The fourth-order valence-electron chi connectivity index (χ4n) is 1.73. The number of nitrogens with zero attached hydrogens (tertiary/aromatic N) is 2. The number of aromatic carboxylic acids is 1. The number of hydrogen-bond acceptors (Lipinski definition) is 3. The summed E-state index contributed by atoms with van der Waals surface area (Å²) in [7, 11) is 1.62. The van der Waals surface area contributed by atoms with E-state index in [2.05, 4.69) is 10.4 Å². The number of hydrogen-bond donors (Lipinski definition) is 2. The third-order valence-electron chi connectivity index (χ3n) is 2.73. The first-order chi connectivity index (χ1) is 9.40. The van der Waals surface area contributed by atoms with Gasteiger partial charge >= 0.3 is 5.97 Å². The zero-order chi connectivity index (χ0) is 14.9. The van der Waals surface area contributed by atoms with Crippen LogP contribution in [0, 0.1) is 5.82 Å². The highest BCUT2D eigenvalue weighted by Crippen LogP contribution is 2.31. The summed E-state index contributed by atoms with van der Waals surface area (Å²) in [6.07, 6.45) is 1.26. The van der Waals surface area contributed by atoms with E-state index in [0.717, 1.165) is 12.1 Å². The first-order valence-corrected chi connectivity index (χ1v) is 6.28. The second kappa shape index (κ2) is 5.68. The molecular weight excluding hydrogens is 308 g/mol. The van der Waals surface area contributed by atoms with E-state index in [1.165, 1.54) is 10.9 Å². The van der Waals surface area contributed by atoms with Crippen LogP contribution in [-0.2, 0) is 13.6 Å². The minimum atomic E-state index is -1.08. The summed E-state index contributed by atoms with van der Waals surface area (Å²) in [6, 6.07) is 2.24.